The van der Waals surface area contributed by atoms with E-state index in [1.54, 1.807) is 36.6 Å². The molecule has 0 bridgehead atoms. The molecular weight excluding hydrogens is 273 g/mol. The number of nitrogens with one attached hydrogen (secondary N) is 1. The minimum atomic E-state index is -0.151. The second-order valence-corrected chi connectivity index (χ2v) is 4.55. The summed E-state index contributed by atoms with van der Waals surface area (Å²) in [6, 6.07) is 8.73. The van der Waals surface area contributed by atoms with Crippen molar-refractivity contribution in [2.45, 2.75) is 13.0 Å². The lowest BCUT2D eigenvalue weighted by atomic mass is 10.1. The second kappa shape index (κ2) is 5.94. The van der Waals surface area contributed by atoms with Gasteiger partial charge >= 0.3 is 0 Å². The van der Waals surface area contributed by atoms with Crippen molar-refractivity contribution in [3.8, 4) is 0 Å². The van der Waals surface area contributed by atoms with E-state index in [4.69, 9.17) is 27.6 Å². The molecule has 2 rings (SSSR count). The Bertz CT molecular complexity index is 518. The van der Waals surface area contributed by atoms with Crippen LogP contribution in [0.4, 0.5) is 0 Å². The molecular formula is C13H11Cl2NO2. The lowest BCUT2D eigenvalue weighted by Gasteiger charge is -2.07. The van der Waals surface area contributed by atoms with E-state index in [1.165, 1.54) is 0 Å². The molecule has 5 heteroatoms. The predicted octanol–water partition coefficient (Wildman–Crippen LogP) is 3.45. The molecule has 0 aliphatic heterocycles. The molecule has 1 amide bonds. The Kier molecular flexibility index (Phi) is 4.28. The van der Waals surface area contributed by atoms with Gasteiger partial charge in [0.2, 0.25) is 5.91 Å². The highest BCUT2D eigenvalue weighted by Crippen LogP contribution is 2.24. The molecule has 0 atom stereocenters. The summed E-state index contributed by atoms with van der Waals surface area (Å²) in [5.74, 6) is 0.551. The Labute approximate surface area is 115 Å². The first kappa shape index (κ1) is 13.0. The molecule has 0 aliphatic rings. The SMILES string of the molecule is O=C(Cc1c(Cl)cccc1Cl)NCc1ccco1. The van der Waals surface area contributed by atoms with Crippen LogP contribution in [0.15, 0.2) is 41.0 Å². The van der Waals surface area contributed by atoms with Crippen LogP contribution in [0.3, 0.4) is 0 Å². The van der Waals surface area contributed by atoms with E-state index in [2.05, 4.69) is 5.32 Å². The van der Waals surface area contributed by atoms with Crippen molar-refractivity contribution < 1.29 is 9.21 Å². The molecule has 0 unspecified atom stereocenters. The molecule has 1 aromatic heterocycles. The maximum atomic E-state index is 11.7. The zero-order valence-corrected chi connectivity index (χ0v) is 11.0. The van der Waals surface area contributed by atoms with Gasteiger partial charge in [0.15, 0.2) is 0 Å². The van der Waals surface area contributed by atoms with Gasteiger partial charge in [0, 0.05) is 10.0 Å². The lowest BCUT2D eigenvalue weighted by Crippen LogP contribution is -2.24. The molecule has 1 N–H and O–H groups in total. The molecule has 0 saturated heterocycles. The highest BCUT2D eigenvalue weighted by Gasteiger charge is 2.10. The average Bonchev–Trinajstić information content (AvgIpc) is 2.84. The molecule has 0 aliphatic carbocycles. The van der Waals surface area contributed by atoms with Crippen LogP contribution in [0.1, 0.15) is 11.3 Å². The van der Waals surface area contributed by atoms with Gasteiger partial charge in [-0.1, -0.05) is 29.3 Å². The Morgan fingerprint density at radius 2 is 1.89 bits per heavy atom. The van der Waals surface area contributed by atoms with E-state index >= 15 is 0 Å². The number of carbonyl (C=O) groups excluding carboxylic acids is 1. The Morgan fingerprint density at radius 1 is 1.17 bits per heavy atom. The van der Waals surface area contributed by atoms with Crippen molar-refractivity contribution in [2.75, 3.05) is 0 Å². The first-order valence-corrected chi connectivity index (χ1v) is 6.14. The number of hydrogen-bond donors (Lipinski definition) is 1. The number of carbonyl (C=O) groups is 1. The van der Waals surface area contributed by atoms with Gasteiger partial charge < -0.3 is 9.73 Å². The van der Waals surface area contributed by atoms with E-state index in [0.717, 1.165) is 0 Å². The third kappa shape index (κ3) is 3.28. The minimum absolute atomic E-state index is 0.151. The molecule has 1 heterocycles. The Hall–Kier alpha value is -1.45. The first-order chi connectivity index (χ1) is 8.66. The van der Waals surface area contributed by atoms with Gasteiger partial charge in [-0.15, -0.1) is 0 Å². The minimum Gasteiger partial charge on any atom is -0.467 e. The summed E-state index contributed by atoms with van der Waals surface area (Å²) in [6.45, 7) is 0.355. The Morgan fingerprint density at radius 3 is 2.50 bits per heavy atom. The van der Waals surface area contributed by atoms with Crippen LogP contribution in [0.5, 0.6) is 0 Å². The fourth-order valence-electron chi connectivity index (χ4n) is 1.52. The van der Waals surface area contributed by atoms with Crippen molar-refractivity contribution in [1.29, 1.82) is 0 Å². The van der Waals surface area contributed by atoms with Crippen LogP contribution in [-0.4, -0.2) is 5.91 Å². The van der Waals surface area contributed by atoms with Gasteiger partial charge in [-0.25, -0.2) is 0 Å². The van der Waals surface area contributed by atoms with E-state index < -0.39 is 0 Å². The maximum absolute atomic E-state index is 11.7. The standard InChI is InChI=1S/C13H11Cl2NO2/c14-11-4-1-5-12(15)10(11)7-13(17)16-8-9-3-2-6-18-9/h1-6H,7-8H2,(H,16,17). The monoisotopic (exact) mass is 283 g/mol. The van der Waals surface area contributed by atoms with Crippen LogP contribution < -0.4 is 5.32 Å². The fraction of sp³-hybridized carbons (Fsp3) is 0.154. The zero-order valence-electron chi connectivity index (χ0n) is 9.45. The summed E-state index contributed by atoms with van der Waals surface area (Å²) in [6.07, 6.45) is 1.71. The molecule has 0 radical (unpaired) electrons. The molecule has 94 valence electrons. The van der Waals surface area contributed by atoms with Crippen molar-refractivity contribution in [3.63, 3.8) is 0 Å². The highest BCUT2D eigenvalue weighted by molar-refractivity contribution is 6.36. The molecule has 0 saturated carbocycles. The average molecular weight is 284 g/mol. The quantitative estimate of drug-likeness (QED) is 0.934. The maximum Gasteiger partial charge on any atom is 0.224 e. The van der Waals surface area contributed by atoms with Gasteiger partial charge in [-0.3, -0.25) is 4.79 Å². The van der Waals surface area contributed by atoms with E-state index in [-0.39, 0.29) is 12.3 Å². The number of furan rings is 1. The predicted molar refractivity (Wildman–Crippen MR) is 70.7 cm³/mol. The molecule has 0 spiro atoms. The highest BCUT2D eigenvalue weighted by atomic mass is 35.5. The van der Waals surface area contributed by atoms with Crippen molar-refractivity contribution in [3.05, 3.63) is 58.0 Å². The van der Waals surface area contributed by atoms with Gasteiger partial charge in [-0.05, 0) is 29.8 Å². The number of amides is 1. The lowest BCUT2D eigenvalue weighted by molar-refractivity contribution is -0.120. The number of halogens is 2. The van der Waals surface area contributed by atoms with E-state index in [0.29, 0.717) is 27.9 Å². The largest absolute Gasteiger partial charge is 0.467 e. The van der Waals surface area contributed by atoms with Crippen LogP contribution in [0, 0.1) is 0 Å². The number of rotatable bonds is 4. The van der Waals surface area contributed by atoms with Crippen LogP contribution in [0.2, 0.25) is 10.0 Å². The first-order valence-electron chi connectivity index (χ1n) is 5.39. The van der Waals surface area contributed by atoms with Gasteiger partial charge in [0.25, 0.3) is 0 Å². The zero-order chi connectivity index (χ0) is 13.0. The summed E-state index contributed by atoms with van der Waals surface area (Å²) in [7, 11) is 0. The van der Waals surface area contributed by atoms with Crippen molar-refractivity contribution in [2.24, 2.45) is 0 Å². The summed E-state index contributed by atoms with van der Waals surface area (Å²) >= 11 is 12.0. The van der Waals surface area contributed by atoms with Crippen molar-refractivity contribution in [1.82, 2.24) is 5.32 Å². The molecule has 1 aromatic carbocycles. The molecule has 0 fully saturated rings. The summed E-state index contributed by atoms with van der Waals surface area (Å²) in [4.78, 5) is 11.7. The fourth-order valence-corrected chi connectivity index (χ4v) is 2.05. The summed E-state index contributed by atoms with van der Waals surface area (Å²) in [5, 5.41) is 3.73. The third-order valence-corrected chi connectivity index (χ3v) is 3.15. The third-order valence-electron chi connectivity index (χ3n) is 2.44. The van der Waals surface area contributed by atoms with Crippen molar-refractivity contribution >= 4 is 29.1 Å². The summed E-state index contributed by atoms with van der Waals surface area (Å²) in [5.41, 5.74) is 0.637. The molecule has 3 nitrogen and oxygen atoms in total. The number of benzene rings is 1. The van der Waals surface area contributed by atoms with E-state index in [9.17, 15) is 4.79 Å². The van der Waals surface area contributed by atoms with Gasteiger partial charge in [0.05, 0.1) is 19.2 Å². The molecule has 2 aromatic rings. The second-order valence-electron chi connectivity index (χ2n) is 3.73. The smallest absolute Gasteiger partial charge is 0.224 e. The van der Waals surface area contributed by atoms with E-state index in [1.807, 2.05) is 0 Å². The Balaban J connectivity index is 1.95. The normalized spacial score (nSPS) is 10.3. The topological polar surface area (TPSA) is 42.2 Å². The van der Waals surface area contributed by atoms with Crippen LogP contribution in [0.25, 0.3) is 0 Å². The van der Waals surface area contributed by atoms with Crippen LogP contribution in [-0.2, 0) is 17.8 Å². The number of hydrogen-bond acceptors (Lipinski definition) is 2. The summed E-state index contributed by atoms with van der Waals surface area (Å²) < 4.78 is 5.11. The molecule has 18 heavy (non-hydrogen) atoms. The van der Waals surface area contributed by atoms with Crippen LogP contribution >= 0.6 is 23.2 Å². The van der Waals surface area contributed by atoms with Gasteiger partial charge in [-0.2, -0.15) is 0 Å². The van der Waals surface area contributed by atoms with Gasteiger partial charge in [0.1, 0.15) is 5.76 Å².